The summed E-state index contributed by atoms with van der Waals surface area (Å²) in [5.41, 5.74) is 2.26. The predicted molar refractivity (Wildman–Crippen MR) is 144 cm³/mol. The van der Waals surface area contributed by atoms with Gasteiger partial charge in [0.15, 0.2) is 22.9 Å². The number of carbonyl (C=O) groups excluding carboxylic acids is 1. The summed E-state index contributed by atoms with van der Waals surface area (Å²) in [6.07, 6.45) is 4.93. The fourth-order valence-corrected chi connectivity index (χ4v) is 3.95. The van der Waals surface area contributed by atoms with Gasteiger partial charge in [-0.3, -0.25) is 9.59 Å². The summed E-state index contributed by atoms with van der Waals surface area (Å²) >= 11 is 0. The number of hydrogen-bond acceptors (Lipinski definition) is 7. The van der Waals surface area contributed by atoms with Crippen molar-refractivity contribution in [3.8, 4) is 23.0 Å². The molecule has 0 saturated heterocycles. The molecule has 190 valence electrons. The van der Waals surface area contributed by atoms with E-state index in [4.69, 9.17) is 23.4 Å². The lowest BCUT2D eigenvalue weighted by atomic mass is 10.0. The van der Waals surface area contributed by atoms with E-state index in [-0.39, 0.29) is 29.0 Å². The molecule has 0 bridgehead atoms. The van der Waals surface area contributed by atoms with Crippen LogP contribution in [0.1, 0.15) is 29.8 Å². The molecule has 1 heterocycles. The summed E-state index contributed by atoms with van der Waals surface area (Å²) in [5, 5.41) is 0.748. The molecule has 3 aromatic carbocycles. The molecule has 0 unspecified atom stereocenters. The summed E-state index contributed by atoms with van der Waals surface area (Å²) in [6.45, 7) is 4.19. The summed E-state index contributed by atoms with van der Waals surface area (Å²) in [6, 6.07) is 13.7. The first-order chi connectivity index (χ1) is 17.9. The molecule has 0 atom stereocenters. The van der Waals surface area contributed by atoms with Crippen LogP contribution in [0.5, 0.6) is 23.0 Å². The lowest BCUT2D eigenvalue weighted by molar-refractivity contribution is 0.104. The van der Waals surface area contributed by atoms with E-state index in [2.05, 4.69) is 0 Å². The summed E-state index contributed by atoms with van der Waals surface area (Å²) in [5.74, 6) is 1.31. The normalized spacial score (nSPS) is 11.1. The molecule has 37 heavy (non-hydrogen) atoms. The first-order valence-electron chi connectivity index (χ1n) is 11.6. The van der Waals surface area contributed by atoms with Crippen molar-refractivity contribution in [3.05, 3.63) is 87.6 Å². The number of benzene rings is 3. The smallest absolute Gasteiger partial charge is 0.203 e. The topological polar surface area (TPSA) is 84.2 Å². The van der Waals surface area contributed by atoms with Crippen molar-refractivity contribution < 1.29 is 28.2 Å². The van der Waals surface area contributed by atoms with Crippen LogP contribution in [0.4, 0.5) is 0 Å². The van der Waals surface area contributed by atoms with Gasteiger partial charge in [-0.05, 0) is 68.0 Å². The van der Waals surface area contributed by atoms with Crippen molar-refractivity contribution in [1.82, 2.24) is 0 Å². The Labute approximate surface area is 214 Å². The average molecular weight is 501 g/mol. The molecule has 0 spiro atoms. The molecule has 4 aromatic rings. The Kier molecular flexibility index (Phi) is 7.63. The van der Waals surface area contributed by atoms with Crippen LogP contribution in [0, 0.1) is 0 Å². The zero-order valence-corrected chi connectivity index (χ0v) is 21.4. The van der Waals surface area contributed by atoms with Gasteiger partial charge in [0.2, 0.25) is 11.2 Å². The van der Waals surface area contributed by atoms with Crippen molar-refractivity contribution in [2.75, 3.05) is 27.9 Å². The second-order valence-corrected chi connectivity index (χ2v) is 8.49. The summed E-state index contributed by atoms with van der Waals surface area (Å²) in [7, 11) is 4.57. The molecule has 0 N–H and O–H groups in total. The fraction of sp³-hybridized carbons (Fsp3) is 0.200. The van der Waals surface area contributed by atoms with Crippen LogP contribution in [0.3, 0.4) is 0 Å². The molecular formula is C30H28O7. The van der Waals surface area contributed by atoms with Crippen LogP contribution in [0.25, 0.3) is 28.0 Å². The molecule has 7 heteroatoms. The first-order valence-corrected chi connectivity index (χ1v) is 11.6. The monoisotopic (exact) mass is 500 g/mol. The predicted octanol–water partition coefficient (Wildman–Crippen LogP) is 6.21. The SMILES string of the molecule is COc1cc(C=CC(=O)c2c(OCC=C(C)C)ccc3c(=O)c4ccccc4oc23)cc(OC)c1OC. The maximum atomic E-state index is 13.6. The molecule has 0 aliphatic carbocycles. The van der Waals surface area contributed by atoms with E-state index < -0.39 is 0 Å². The number of methoxy groups -OCH3 is 3. The molecule has 7 nitrogen and oxygen atoms in total. The van der Waals surface area contributed by atoms with Gasteiger partial charge in [-0.15, -0.1) is 0 Å². The van der Waals surface area contributed by atoms with Gasteiger partial charge in [0.1, 0.15) is 23.5 Å². The third-order valence-corrected chi connectivity index (χ3v) is 5.80. The third kappa shape index (κ3) is 5.21. The van der Waals surface area contributed by atoms with Crippen molar-refractivity contribution in [2.45, 2.75) is 13.8 Å². The number of hydrogen-bond donors (Lipinski definition) is 0. The van der Waals surface area contributed by atoms with Crippen molar-refractivity contribution in [3.63, 3.8) is 0 Å². The molecule has 1 aromatic heterocycles. The van der Waals surface area contributed by atoms with Gasteiger partial charge in [0, 0.05) is 0 Å². The van der Waals surface area contributed by atoms with Crippen LogP contribution in [-0.2, 0) is 0 Å². The Hall–Kier alpha value is -4.52. The summed E-state index contributed by atoms with van der Waals surface area (Å²) < 4.78 is 28.2. The highest BCUT2D eigenvalue weighted by Crippen LogP contribution is 2.38. The Morgan fingerprint density at radius 1 is 0.892 bits per heavy atom. The van der Waals surface area contributed by atoms with Crippen LogP contribution < -0.4 is 24.4 Å². The number of ketones is 1. The van der Waals surface area contributed by atoms with E-state index in [9.17, 15) is 9.59 Å². The van der Waals surface area contributed by atoms with Crippen molar-refractivity contribution in [2.24, 2.45) is 0 Å². The van der Waals surface area contributed by atoms with Crippen LogP contribution in [0.2, 0.25) is 0 Å². The Bertz CT molecular complexity index is 1560. The van der Waals surface area contributed by atoms with Gasteiger partial charge in [0.05, 0.1) is 32.1 Å². The van der Waals surface area contributed by atoms with E-state index in [0.29, 0.717) is 44.9 Å². The Balaban J connectivity index is 1.85. The second-order valence-electron chi connectivity index (χ2n) is 8.49. The Morgan fingerprint density at radius 2 is 1.59 bits per heavy atom. The standard InChI is InChI=1S/C30H28O7/c1-18(2)14-15-36-24-13-11-21-28(32)20-8-6-7-9-23(20)37-29(21)27(24)22(31)12-10-19-16-25(33-3)30(35-5)26(17-19)34-4/h6-14,16-17H,15H2,1-5H3. The zero-order chi connectivity index (χ0) is 26.5. The lowest BCUT2D eigenvalue weighted by Crippen LogP contribution is -2.08. The molecule has 0 radical (unpaired) electrons. The Morgan fingerprint density at radius 3 is 2.24 bits per heavy atom. The third-order valence-electron chi connectivity index (χ3n) is 5.80. The van der Waals surface area contributed by atoms with Crippen LogP contribution >= 0.6 is 0 Å². The van der Waals surface area contributed by atoms with Crippen LogP contribution in [-0.4, -0.2) is 33.7 Å². The van der Waals surface area contributed by atoms with E-state index in [0.717, 1.165) is 5.57 Å². The van der Waals surface area contributed by atoms with Gasteiger partial charge in [0.25, 0.3) is 0 Å². The van der Waals surface area contributed by atoms with E-state index >= 15 is 0 Å². The summed E-state index contributed by atoms with van der Waals surface area (Å²) in [4.78, 5) is 26.8. The van der Waals surface area contributed by atoms with Gasteiger partial charge in [-0.25, -0.2) is 0 Å². The van der Waals surface area contributed by atoms with E-state index in [1.165, 1.54) is 27.4 Å². The molecule has 0 aliphatic heterocycles. The fourth-order valence-electron chi connectivity index (χ4n) is 3.95. The maximum Gasteiger partial charge on any atom is 0.203 e. The average Bonchev–Trinajstić information content (AvgIpc) is 2.90. The molecular weight excluding hydrogens is 472 g/mol. The van der Waals surface area contributed by atoms with Gasteiger partial charge in [-0.2, -0.15) is 0 Å². The second kappa shape index (κ2) is 11.0. The lowest BCUT2D eigenvalue weighted by Gasteiger charge is -2.13. The minimum atomic E-state index is -0.384. The van der Waals surface area contributed by atoms with Gasteiger partial charge in [-0.1, -0.05) is 23.8 Å². The van der Waals surface area contributed by atoms with Gasteiger partial charge < -0.3 is 23.4 Å². The number of carbonyl (C=O) groups is 1. The molecule has 0 fully saturated rings. The van der Waals surface area contributed by atoms with Crippen molar-refractivity contribution in [1.29, 1.82) is 0 Å². The number of allylic oxidation sites excluding steroid dienone is 2. The molecule has 0 amide bonds. The number of rotatable bonds is 9. The molecule has 0 aliphatic rings. The molecule has 0 saturated carbocycles. The largest absolute Gasteiger partial charge is 0.493 e. The van der Waals surface area contributed by atoms with Crippen LogP contribution in [0.15, 0.2) is 75.5 Å². The highest BCUT2D eigenvalue weighted by atomic mass is 16.5. The zero-order valence-electron chi connectivity index (χ0n) is 21.4. The number of fused-ring (bicyclic) bond motifs is 2. The van der Waals surface area contributed by atoms with E-state index in [1.54, 1.807) is 54.6 Å². The van der Waals surface area contributed by atoms with Gasteiger partial charge >= 0.3 is 0 Å². The quantitative estimate of drug-likeness (QED) is 0.117. The minimum Gasteiger partial charge on any atom is -0.493 e. The highest BCUT2D eigenvalue weighted by Gasteiger charge is 2.20. The first kappa shape index (κ1) is 25.6. The molecule has 4 rings (SSSR count). The maximum absolute atomic E-state index is 13.6. The number of ether oxygens (including phenoxy) is 4. The highest BCUT2D eigenvalue weighted by molar-refractivity contribution is 6.16. The number of para-hydroxylation sites is 1. The minimum absolute atomic E-state index is 0.172. The van der Waals surface area contributed by atoms with Crippen molar-refractivity contribution >= 4 is 33.8 Å². The van der Waals surface area contributed by atoms with E-state index in [1.807, 2.05) is 19.9 Å².